The van der Waals surface area contributed by atoms with Crippen LogP contribution in [-0.2, 0) is 4.79 Å². The van der Waals surface area contributed by atoms with Gasteiger partial charge < -0.3 is 14.7 Å². The highest BCUT2D eigenvalue weighted by Crippen LogP contribution is 2.24. The van der Waals surface area contributed by atoms with E-state index in [1.165, 1.54) is 23.2 Å². The molecule has 0 bridgehead atoms. The van der Waals surface area contributed by atoms with Crippen LogP contribution in [0.5, 0.6) is 5.75 Å². The van der Waals surface area contributed by atoms with Crippen molar-refractivity contribution in [1.29, 1.82) is 0 Å². The summed E-state index contributed by atoms with van der Waals surface area (Å²) >= 11 is 0. The molecule has 23 heavy (non-hydrogen) atoms. The van der Waals surface area contributed by atoms with E-state index >= 15 is 0 Å². The molecule has 0 spiro atoms. The Balaban J connectivity index is 2.06. The summed E-state index contributed by atoms with van der Waals surface area (Å²) < 4.78 is 41.4. The van der Waals surface area contributed by atoms with Gasteiger partial charge in [-0.1, -0.05) is 0 Å². The van der Waals surface area contributed by atoms with Crippen molar-refractivity contribution in [3.05, 3.63) is 24.0 Å². The van der Waals surface area contributed by atoms with E-state index in [-0.39, 0.29) is 24.5 Å². The average molecular weight is 332 g/mol. The Bertz CT molecular complexity index is 584. The second-order valence-electron chi connectivity index (χ2n) is 5.16. The smallest absolute Gasteiger partial charge is 0.422 e. The van der Waals surface area contributed by atoms with Crippen LogP contribution in [0.25, 0.3) is 0 Å². The SMILES string of the molecule is O=C(O)C1CCN(C(=O)c2ncccc2OCC(F)(F)F)CC1. The number of hydrogen-bond donors (Lipinski definition) is 1. The van der Waals surface area contributed by atoms with Crippen molar-refractivity contribution in [2.45, 2.75) is 19.0 Å². The lowest BCUT2D eigenvalue weighted by Crippen LogP contribution is -2.40. The molecule has 1 N–H and O–H groups in total. The third-order valence-corrected chi connectivity index (χ3v) is 3.50. The van der Waals surface area contributed by atoms with Crippen molar-refractivity contribution in [3.8, 4) is 5.75 Å². The lowest BCUT2D eigenvalue weighted by Gasteiger charge is -2.30. The molecule has 1 aliphatic heterocycles. The highest BCUT2D eigenvalue weighted by Gasteiger charge is 2.31. The molecule has 0 atom stereocenters. The van der Waals surface area contributed by atoms with Crippen molar-refractivity contribution in [2.75, 3.05) is 19.7 Å². The lowest BCUT2D eigenvalue weighted by molar-refractivity contribution is -0.153. The van der Waals surface area contributed by atoms with Crippen LogP contribution in [-0.4, -0.2) is 52.7 Å². The fourth-order valence-electron chi connectivity index (χ4n) is 2.31. The zero-order valence-electron chi connectivity index (χ0n) is 12.0. The van der Waals surface area contributed by atoms with Gasteiger partial charge in [-0.2, -0.15) is 13.2 Å². The number of alkyl halides is 3. The minimum Gasteiger partial charge on any atom is -0.482 e. The fraction of sp³-hybridized carbons (Fsp3) is 0.500. The fourth-order valence-corrected chi connectivity index (χ4v) is 2.31. The maximum Gasteiger partial charge on any atom is 0.422 e. The number of carbonyl (C=O) groups is 2. The molecule has 1 aromatic heterocycles. The Morgan fingerprint density at radius 3 is 2.57 bits per heavy atom. The average Bonchev–Trinajstić information content (AvgIpc) is 2.52. The molecular weight excluding hydrogens is 317 g/mol. The van der Waals surface area contributed by atoms with Crippen molar-refractivity contribution in [1.82, 2.24) is 9.88 Å². The monoisotopic (exact) mass is 332 g/mol. The molecule has 2 rings (SSSR count). The molecule has 1 aliphatic rings. The maximum absolute atomic E-state index is 12.4. The van der Waals surface area contributed by atoms with Crippen LogP contribution in [0.2, 0.25) is 0 Å². The number of nitrogens with zero attached hydrogens (tertiary/aromatic N) is 2. The Kier molecular flexibility index (Phi) is 5.07. The van der Waals surface area contributed by atoms with Gasteiger partial charge in [0.25, 0.3) is 5.91 Å². The van der Waals surface area contributed by atoms with E-state index in [0.717, 1.165) is 0 Å². The minimum atomic E-state index is -4.52. The van der Waals surface area contributed by atoms with Crippen LogP contribution in [0.1, 0.15) is 23.3 Å². The standard InChI is InChI=1S/C14H15F3N2O4/c15-14(16,17)8-23-10-2-1-5-18-11(10)12(20)19-6-3-9(4-7-19)13(21)22/h1-2,5,9H,3-4,6-8H2,(H,21,22). The van der Waals surface area contributed by atoms with Gasteiger partial charge in [-0.25, -0.2) is 4.98 Å². The van der Waals surface area contributed by atoms with E-state index in [9.17, 15) is 22.8 Å². The van der Waals surface area contributed by atoms with E-state index < -0.39 is 30.6 Å². The van der Waals surface area contributed by atoms with E-state index in [1.807, 2.05) is 0 Å². The Hall–Kier alpha value is -2.32. The zero-order valence-corrected chi connectivity index (χ0v) is 12.0. The summed E-state index contributed by atoms with van der Waals surface area (Å²) in [6, 6.07) is 2.62. The Labute approximate surface area is 129 Å². The number of amides is 1. The largest absolute Gasteiger partial charge is 0.482 e. The van der Waals surface area contributed by atoms with Gasteiger partial charge in [-0.3, -0.25) is 9.59 Å². The molecule has 0 aromatic carbocycles. The van der Waals surface area contributed by atoms with Crippen LogP contribution < -0.4 is 4.74 Å². The van der Waals surface area contributed by atoms with E-state index in [1.54, 1.807) is 0 Å². The second kappa shape index (κ2) is 6.84. The molecule has 0 unspecified atom stereocenters. The summed E-state index contributed by atoms with van der Waals surface area (Å²) in [5, 5.41) is 8.93. The number of rotatable bonds is 4. The van der Waals surface area contributed by atoms with Gasteiger partial charge >= 0.3 is 12.1 Å². The number of ether oxygens (including phenoxy) is 1. The number of aliphatic carboxylic acids is 1. The van der Waals surface area contributed by atoms with Crippen LogP contribution in [0, 0.1) is 5.92 Å². The number of pyridine rings is 1. The van der Waals surface area contributed by atoms with Gasteiger partial charge in [0, 0.05) is 19.3 Å². The molecule has 2 heterocycles. The number of hydrogen-bond acceptors (Lipinski definition) is 4. The Morgan fingerprint density at radius 2 is 2.00 bits per heavy atom. The summed E-state index contributed by atoms with van der Waals surface area (Å²) in [5.74, 6) is -2.23. The third kappa shape index (κ3) is 4.57. The number of likely N-dealkylation sites (tertiary alicyclic amines) is 1. The summed E-state index contributed by atoms with van der Waals surface area (Å²) in [4.78, 5) is 28.5. The van der Waals surface area contributed by atoms with Gasteiger partial charge in [-0.05, 0) is 25.0 Å². The molecule has 1 saturated heterocycles. The number of carbonyl (C=O) groups excluding carboxylic acids is 1. The van der Waals surface area contributed by atoms with E-state index in [4.69, 9.17) is 5.11 Å². The Morgan fingerprint density at radius 1 is 1.35 bits per heavy atom. The summed E-state index contributed by atoms with van der Waals surface area (Å²) in [6.45, 7) is -1.09. The van der Waals surface area contributed by atoms with Gasteiger partial charge in [0.1, 0.15) is 0 Å². The minimum absolute atomic E-state index is 0.203. The topological polar surface area (TPSA) is 79.7 Å². The van der Waals surface area contributed by atoms with Gasteiger partial charge in [0.2, 0.25) is 0 Å². The first kappa shape index (κ1) is 17.0. The number of carboxylic acids is 1. The molecule has 0 radical (unpaired) electrons. The molecule has 1 aromatic rings. The van der Waals surface area contributed by atoms with Crippen molar-refractivity contribution < 1.29 is 32.6 Å². The number of halogens is 3. The normalized spacial score (nSPS) is 16.2. The summed E-state index contributed by atoms with van der Waals surface area (Å²) in [7, 11) is 0. The van der Waals surface area contributed by atoms with Gasteiger partial charge in [-0.15, -0.1) is 0 Å². The predicted octanol–water partition coefficient (Wildman–Crippen LogP) is 1.96. The predicted molar refractivity (Wildman–Crippen MR) is 72.1 cm³/mol. The van der Waals surface area contributed by atoms with Crippen molar-refractivity contribution >= 4 is 11.9 Å². The molecular formula is C14H15F3N2O4. The second-order valence-corrected chi connectivity index (χ2v) is 5.16. The summed E-state index contributed by atoms with van der Waals surface area (Å²) in [6.07, 6.45) is -2.63. The quantitative estimate of drug-likeness (QED) is 0.912. The third-order valence-electron chi connectivity index (χ3n) is 3.50. The molecule has 9 heteroatoms. The molecule has 0 saturated carbocycles. The van der Waals surface area contributed by atoms with Crippen LogP contribution >= 0.6 is 0 Å². The maximum atomic E-state index is 12.4. The van der Waals surface area contributed by atoms with E-state index in [2.05, 4.69) is 9.72 Å². The molecule has 1 amide bonds. The highest BCUT2D eigenvalue weighted by atomic mass is 19.4. The van der Waals surface area contributed by atoms with E-state index in [0.29, 0.717) is 12.8 Å². The first-order valence-electron chi connectivity index (χ1n) is 6.94. The first-order chi connectivity index (χ1) is 10.8. The van der Waals surface area contributed by atoms with Gasteiger partial charge in [0.05, 0.1) is 5.92 Å². The van der Waals surface area contributed by atoms with Gasteiger partial charge in [0.15, 0.2) is 18.1 Å². The first-order valence-corrected chi connectivity index (χ1v) is 6.94. The lowest BCUT2D eigenvalue weighted by atomic mass is 9.97. The number of piperidine rings is 1. The molecule has 126 valence electrons. The summed E-state index contributed by atoms with van der Waals surface area (Å²) in [5.41, 5.74) is -0.203. The highest BCUT2D eigenvalue weighted by molar-refractivity contribution is 5.95. The zero-order chi connectivity index (χ0) is 17.0. The molecule has 6 nitrogen and oxygen atoms in total. The van der Waals surface area contributed by atoms with Crippen molar-refractivity contribution in [2.24, 2.45) is 5.92 Å². The number of aromatic nitrogens is 1. The van der Waals surface area contributed by atoms with Crippen molar-refractivity contribution in [3.63, 3.8) is 0 Å². The van der Waals surface area contributed by atoms with Crippen LogP contribution in [0.15, 0.2) is 18.3 Å². The number of carboxylic acid groups (broad SMARTS) is 1. The van der Waals surface area contributed by atoms with Crippen LogP contribution in [0.4, 0.5) is 13.2 Å². The van der Waals surface area contributed by atoms with Crippen LogP contribution in [0.3, 0.4) is 0 Å². The molecule has 0 aliphatic carbocycles. The molecule has 1 fully saturated rings.